The molecule has 1 unspecified atom stereocenters. The minimum atomic E-state index is -0.864. The quantitative estimate of drug-likeness (QED) is 0.883. The number of methoxy groups -OCH3 is 1. The zero-order chi connectivity index (χ0) is 11.4. The number of ether oxygens (including phenoxy) is 1. The number of halogens is 2. The second-order valence-corrected chi connectivity index (χ2v) is 3.94. The average Bonchev–Trinajstić information content (AvgIpc) is 2.21. The van der Waals surface area contributed by atoms with Crippen molar-refractivity contribution in [1.29, 1.82) is 0 Å². The van der Waals surface area contributed by atoms with Gasteiger partial charge in [-0.05, 0) is 29.0 Å². The summed E-state index contributed by atoms with van der Waals surface area (Å²) in [6.45, 7) is 0.301. The molecule has 0 aromatic heterocycles. The van der Waals surface area contributed by atoms with Crippen LogP contribution in [0.25, 0.3) is 0 Å². The topological polar surface area (TPSA) is 41.5 Å². The second kappa shape index (κ2) is 5.44. The first-order valence-electron chi connectivity index (χ1n) is 4.45. The highest BCUT2D eigenvalue weighted by atomic mass is 79.9. The molecule has 0 bridgehead atoms. The third-order valence-electron chi connectivity index (χ3n) is 2.03. The molecule has 0 radical (unpaired) electrons. The average molecular weight is 278 g/mol. The predicted octanol–water partition coefficient (Wildman–Crippen LogP) is 1.85. The van der Waals surface area contributed by atoms with Gasteiger partial charge in [0.15, 0.2) is 0 Å². The Morgan fingerprint density at radius 2 is 2.27 bits per heavy atom. The van der Waals surface area contributed by atoms with Gasteiger partial charge in [0.05, 0.1) is 17.7 Å². The fourth-order valence-corrected chi connectivity index (χ4v) is 1.78. The van der Waals surface area contributed by atoms with E-state index in [4.69, 9.17) is 4.74 Å². The highest BCUT2D eigenvalue weighted by Gasteiger charge is 2.15. The van der Waals surface area contributed by atoms with E-state index in [1.54, 1.807) is 7.05 Å². The van der Waals surface area contributed by atoms with E-state index in [0.29, 0.717) is 16.8 Å². The number of nitrogens with one attached hydrogen (secondary N) is 1. The van der Waals surface area contributed by atoms with E-state index < -0.39 is 11.9 Å². The number of hydrogen-bond acceptors (Lipinski definition) is 3. The lowest BCUT2D eigenvalue weighted by Crippen LogP contribution is -2.17. The lowest BCUT2D eigenvalue weighted by atomic mass is 10.1. The maximum absolute atomic E-state index is 13.5. The number of rotatable bonds is 4. The van der Waals surface area contributed by atoms with Gasteiger partial charge in [-0.1, -0.05) is 0 Å². The number of benzene rings is 1. The molecule has 0 spiro atoms. The van der Waals surface area contributed by atoms with Crippen molar-refractivity contribution >= 4 is 15.9 Å². The lowest BCUT2D eigenvalue weighted by molar-refractivity contribution is 0.173. The summed E-state index contributed by atoms with van der Waals surface area (Å²) in [7, 11) is 3.16. The third kappa shape index (κ3) is 2.90. The Morgan fingerprint density at radius 3 is 2.80 bits per heavy atom. The maximum Gasteiger partial charge on any atom is 0.135 e. The zero-order valence-corrected chi connectivity index (χ0v) is 10.1. The molecule has 0 heterocycles. The Kier molecular flexibility index (Phi) is 4.50. The van der Waals surface area contributed by atoms with Gasteiger partial charge in [0.1, 0.15) is 11.6 Å². The van der Waals surface area contributed by atoms with Gasteiger partial charge in [0, 0.05) is 18.2 Å². The van der Waals surface area contributed by atoms with E-state index in [2.05, 4.69) is 21.2 Å². The Hall–Kier alpha value is -0.650. The molecule has 0 aliphatic rings. The first-order chi connectivity index (χ1) is 7.10. The van der Waals surface area contributed by atoms with Crippen LogP contribution in [0.2, 0.25) is 0 Å². The van der Waals surface area contributed by atoms with Gasteiger partial charge in [-0.2, -0.15) is 0 Å². The Morgan fingerprint density at radius 1 is 1.60 bits per heavy atom. The monoisotopic (exact) mass is 277 g/mol. The molecule has 5 heteroatoms. The van der Waals surface area contributed by atoms with Crippen molar-refractivity contribution in [2.75, 3.05) is 20.7 Å². The van der Waals surface area contributed by atoms with Crippen LogP contribution in [0.4, 0.5) is 4.39 Å². The molecule has 0 fully saturated rings. The van der Waals surface area contributed by atoms with Crippen LogP contribution in [-0.2, 0) is 0 Å². The summed E-state index contributed by atoms with van der Waals surface area (Å²) in [6.07, 6.45) is -0.864. The SMILES string of the molecule is CNCC(O)c1cc(Br)c(OC)cc1F. The molecule has 0 saturated heterocycles. The molecule has 1 aromatic rings. The standard InChI is InChI=1S/C10H13BrFNO2/c1-13-5-9(14)6-3-7(11)10(15-2)4-8(6)12/h3-4,9,13-14H,5H2,1-2H3. The van der Waals surface area contributed by atoms with E-state index in [1.807, 2.05) is 0 Å². The van der Waals surface area contributed by atoms with Crippen LogP contribution in [0.1, 0.15) is 11.7 Å². The summed E-state index contributed by atoms with van der Waals surface area (Å²) in [6, 6.07) is 2.77. The summed E-state index contributed by atoms with van der Waals surface area (Å²) < 4.78 is 19.1. The molecule has 2 N–H and O–H groups in total. The highest BCUT2D eigenvalue weighted by Crippen LogP contribution is 2.30. The fraction of sp³-hybridized carbons (Fsp3) is 0.400. The maximum atomic E-state index is 13.5. The molecular formula is C10H13BrFNO2. The van der Waals surface area contributed by atoms with Gasteiger partial charge in [-0.3, -0.25) is 0 Å². The van der Waals surface area contributed by atoms with E-state index in [0.717, 1.165) is 0 Å². The van der Waals surface area contributed by atoms with Crippen molar-refractivity contribution in [2.45, 2.75) is 6.10 Å². The molecular weight excluding hydrogens is 265 g/mol. The second-order valence-electron chi connectivity index (χ2n) is 3.08. The third-order valence-corrected chi connectivity index (χ3v) is 2.65. The molecule has 0 saturated carbocycles. The summed E-state index contributed by atoms with van der Waals surface area (Å²) >= 11 is 3.24. The summed E-state index contributed by atoms with van der Waals surface area (Å²) in [5.41, 5.74) is 0.247. The van der Waals surface area contributed by atoms with Gasteiger partial charge in [0.2, 0.25) is 0 Å². The van der Waals surface area contributed by atoms with E-state index in [-0.39, 0.29) is 5.56 Å². The van der Waals surface area contributed by atoms with Gasteiger partial charge in [0.25, 0.3) is 0 Å². The first-order valence-corrected chi connectivity index (χ1v) is 5.25. The number of aliphatic hydroxyl groups is 1. The van der Waals surface area contributed by atoms with Crippen molar-refractivity contribution in [1.82, 2.24) is 5.32 Å². The zero-order valence-electron chi connectivity index (χ0n) is 8.55. The molecule has 1 aromatic carbocycles. The van der Waals surface area contributed by atoms with Gasteiger partial charge < -0.3 is 15.2 Å². The summed E-state index contributed by atoms with van der Waals surface area (Å²) in [5.74, 6) is -0.0642. The summed E-state index contributed by atoms with van der Waals surface area (Å²) in [5, 5.41) is 12.4. The normalized spacial score (nSPS) is 12.6. The van der Waals surface area contributed by atoms with Crippen LogP contribution in [0.3, 0.4) is 0 Å². The summed E-state index contributed by atoms with van der Waals surface area (Å²) in [4.78, 5) is 0. The largest absolute Gasteiger partial charge is 0.495 e. The number of likely N-dealkylation sites (N-methyl/N-ethyl adjacent to an activating group) is 1. The van der Waals surface area contributed by atoms with Crippen LogP contribution < -0.4 is 10.1 Å². The highest BCUT2D eigenvalue weighted by molar-refractivity contribution is 9.10. The van der Waals surface area contributed by atoms with E-state index >= 15 is 0 Å². The molecule has 1 rings (SSSR count). The lowest BCUT2D eigenvalue weighted by Gasteiger charge is -2.13. The van der Waals surface area contributed by atoms with E-state index in [1.165, 1.54) is 19.2 Å². The van der Waals surface area contributed by atoms with Gasteiger partial charge in [-0.15, -0.1) is 0 Å². The van der Waals surface area contributed by atoms with Crippen molar-refractivity contribution < 1.29 is 14.2 Å². The van der Waals surface area contributed by atoms with Crippen molar-refractivity contribution in [2.24, 2.45) is 0 Å². The minimum absolute atomic E-state index is 0.247. The Bertz CT molecular complexity index is 346. The van der Waals surface area contributed by atoms with Crippen LogP contribution in [0, 0.1) is 5.82 Å². The molecule has 1 atom stereocenters. The van der Waals surface area contributed by atoms with Crippen LogP contribution in [0.5, 0.6) is 5.75 Å². The Labute approximate surface area is 96.4 Å². The molecule has 84 valence electrons. The molecule has 0 amide bonds. The molecule has 0 aliphatic heterocycles. The number of aliphatic hydroxyl groups excluding tert-OH is 1. The fourth-order valence-electron chi connectivity index (χ4n) is 1.26. The van der Waals surface area contributed by atoms with Gasteiger partial charge >= 0.3 is 0 Å². The molecule has 15 heavy (non-hydrogen) atoms. The minimum Gasteiger partial charge on any atom is -0.495 e. The van der Waals surface area contributed by atoms with Gasteiger partial charge in [-0.25, -0.2) is 4.39 Å². The van der Waals surface area contributed by atoms with Crippen molar-refractivity contribution in [3.63, 3.8) is 0 Å². The smallest absolute Gasteiger partial charge is 0.135 e. The van der Waals surface area contributed by atoms with Crippen molar-refractivity contribution in [3.8, 4) is 5.75 Å². The Balaban J connectivity index is 3.04. The van der Waals surface area contributed by atoms with Crippen LogP contribution >= 0.6 is 15.9 Å². The predicted molar refractivity (Wildman–Crippen MR) is 59.5 cm³/mol. The van der Waals surface area contributed by atoms with Crippen LogP contribution in [0.15, 0.2) is 16.6 Å². The molecule has 3 nitrogen and oxygen atoms in total. The molecule has 0 aliphatic carbocycles. The van der Waals surface area contributed by atoms with E-state index in [9.17, 15) is 9.50 Å². The van der Waals surface area contributed by atoms with Crippen molar-refractivity contribution in [3.05, 3.63) is 28.0 Å². The van der Waals surface area contributed by atoms with Crippen LogP contribution in [-0.4, -0.2) is 25.8 Å². The first kappa shape index (κ1) is 12.4. The number of hydrogen-bond donors (Lipinski definition) is 2.